The summed E-state index contributed by atoms with van der Waals surface area (Å²) >= 11 is 0. The molecular formula is C19H16F2N4O. The highest BCUT2D eigenvalue weighted by molar-refractivity contribution is 6.19. The van der Waals surface area contributed by atoms with Crippen molar-refractivity contribution in [2.45, 2.75) is 13.8 Å². The first-order valence-corrected chi connectivity index (χ1v) is 7.87. The summed E-state index contributed by atoms with van der Waals surface area (Å²) in [7, 11) is 1.55. The number of rotatable bonds is 4. The van der Waals surface area contributed by atoms with E-state index in [0.717, 1.165) is 0 Å². The van der Waals surface area contributed by atoms with Crippen LogP contribution < -0.4 is 0 Å². The van der Waals surface area contributed by atoms with Crippen molar-refractivity contribution in [2.75, 3.05) is 0 Å². The second kappa shape index (κ2) is 6.95. The maximum atomic E-state index is 14.7. The van der Waals surface area contributed by atoms with Crippen molar-refractivity contribution in [1.82, 2.24) is 20.2 Å². The fraction of sp³-hybridized carbons (Fsp3) is 0.158. The summed E-state index contributed by atoms with van der Waals surface area (Å²) in [5.74, 6) is -1.00. The highest BCUT2D eigenvalue weighted by atomic mass is 19.1. The topological polar surface area (TPSA) is 60.7 Å². The third kappa shape index (κ3) is 3.15. The van der Waals surface area contributed by atoms with Gasteiger partial charge in [-0.15, -0.1) is 5.10 Å². The second-order valence-electron chi connectivity index (χ2n) is 6.00. The standard InChI is InChI=1S/C19H16F2N4O/c1-11-4-6-13(16(20)8-11)18(14-7-5-12(2)9-17(14)21)15(10-26)19-22-23-24-25(19)3/h4-10H,1-3H3. The monoisotopic (exact) mass is 354 g/mol. The van der Waals surface area contributed by atoms with Gasteiger partial charge in [-0.3, -0.25) is 4.79 Å². The number of aromatic nitrogens is 4. The zero-order valence-electron chi connectivity index (χ0n) is 14.5. The molecule has 3 rings (SSSR count). The summed E-state index contributed by atoms with van der Waals surface area (Å²) in [6.07, 6.45) is 0.514. The van der Waals surface area contributed by atoms with E-state index < -0.39 is 11.6 Å². The van der Waals surface area contributed by atoms with Crippen molar-refractivity contribution in [2.24, 2.45) is 7.05 Å². The summed E-state index contributed by atoms with van der Waals surface area (Å²) in [6, 6.07) is 9.10. The average Bonchev–Trinajstić information content (AvgIpc) is 3.00. The number of aldehydes is 1. The largest absolute Gasteiger partial charge is 0.298 e. The number of hydrogen-bond donors (Lipinski definition) is 0. The number of hydrogen-bond acceptors (Lipinski definition) is 4. The molecule has 0 spiro atoms. The highest BCUT2D eigenvalue weighted by Gasteiger charge is 2.22. The van der Waals surface area contributed by atoms with Crippen molar-refractivity contribution in [1.29, 1.82) is 0 Å². The zero-order valence-corrected chi connectivity index (χ0v) is 14.5. The van der Waals surface area contributed by atoms with Gasteiger partial charge in [-0.1, -0.05) is 24.3 Å². The Bertz CT molecular complexity index is 971. The van der Waals surface area contributed by atoms with Gasteiger partial charge in [0, 0.05) is 23.7 Å². The quantitative estimate of drug-likeness (QED) is 0.533. The summed E-state index contributed by atoms with van der Waals surface area (Å²) in [5, 5.41) is 11.0. The Morgan fingerprint density at radius 3 is 1.92 bits per heavy atom. The van der Waals surface area contributed by atoms with Crippen molar-refractivity contribution in [3.63, 3.8) is 0 Å². The van der Waals surface area contributed by atoms with E-state index in [9.17, 15) is 13.6 Å². The average molecular weight is 354 g/mol. The Kier molecular flexibility index (Phi) is 4.71. The highest BCUT2D eigenvalue weighted by Crippen LogP contribution is 2.34. The molecule has 0 bridgehead atoms. The predicted octanol–water partition coefficient (Wildman–Crippen LogP) is 3.26. The molecule has 1 heterocycles. The molecule has 0 aliphatic heterocycles. The van der Waals surface area contributed by atoms with Crippen LogP contribution in [-0.4, -0.2) is 26.5 Å². The number of carbonyl (C=O) groups excluding carboxylic acids is 1. The van der Waals surface area contributed by atoms with Crippen LogP contribution in [0.2, 0.25) is 0 Å². The molecular weight excluding hydrogens is 338 g/mol. The minimum absolute atomic E-state index is 0.00278. The fourth-order valence-electron chi connectivity index (χ4n) is 2.76. The summed E-state index contributed by atoms with van der Waals surface area (Å²) in [6.45, 7) is 3.49. The molecule has 0 unspecified atom stereocenters. The van der Waals surface area contributed by atoms with Gasteiger partial charge in [0.25, 0.3) is 0 Å². The lowest BCUT2D eigenvalue weighted by Crippen LogP contribution is -2.06. The molecule has 0 atom stereocenters. The van der Waals surface area contributed by atoms with Crippen LogP contribution in [0, 0.1) is 25.5 Å². The van der Waals surface area contributed by atoms with Gasteiger partial charge in [-0.2, -0.15) is 0 Å². The first-order chi connectivity index (χ1) is 12.4. The SMILES string of the molecule is Cc1ccc(C(=C(C=O)c2nnnn2C)c2ccc(C)cc2F)c(F)c1. The van der Waals surface area contributed by atoms with E-state index >= 15 is 0 Å². The maximum Gasteiger partial charge on any atom is 0.185 e. The number of aryl methyl sites for hydroxylation is 3. The number of tetrazole rings is 1. The van der Waals surface area contributed by atoms with E-state index in [4.69, 9.17) is 0 Å². The van der Waals surface area contributed by atoms with E-state index in [1.54, 1.807) is 33.0 Å². The zero-order chi connectivity index (χ0) is 18.8. The third-order valence-electron chi connectivity index (χ3n) is 4.04. The van der Waals surface area contributed by atoms with Crippen molar-refractivity contribution < 1.29 is 13.6 Å². The predicted molar refractivity (Wildman–Crippen MR) is 93.1 cm³/mol. The molecule has 7 heteroatoms. The van der Waals surface area contributed by atoms with Crippen molar-refractivity contribution in [3.05, 3.63) is 76.1 Å². The van der Waals surface area contributed by atoms with Crippen LogP contribution in [0.1, 0.15) is 28.1 Å². The lowest BCUT2D eigenvalue weighted by molar-refractivity contribution is -0.103. The first-order valence-electron chi connectivity index (χ1n) is 7.87. The van der Waals surface area contributed by atoms with Gasteiger partial charge in [0.2, 0.25) is 0 Å². The minimum Gasteiger partial charge on any atom is -0.298 e. The van der Waals surface area contributed by atoms with Crippen LogP contribution >= 0.6 is 0 Å². The molecule has 0 radical (unpaired) electrons. The Balaban J connectivity index is 2.41. The van der Waals surface area contributed by atoms with Crippen LogP contribution in [0.25, 0.3) is 11.1 Å². The molecule has 0 aliphatic rings. The van der Waals surface area contributed by atoms with Crippen LogP contribution in [0.4, 0.5) is 8.78 Å². The molecule has 2 aromatic carbocycles. The molecule has 3 aromatic rings. The first kappa shape index (κ1) is 17.6. The van der Waals surface area contributed by atoms with Gasteiger partial charge in [-0.25, -0.2) is 13.5 Å². The Morgan fingerprint density at radius 2 is 1.54 bits per heavy atom. The molecule has 26 heavy (non-hydrogen) atoms. The smallest absolute Gasteiger partial charge is 0.185 e. The van der Waals surface area contributed by atoms with Crippen LogP contribution in [0.5, 0.6) is 0 Å². The van der Waals surface area contributed by atoms with Gasteiger partial charge in [-0.05, 0) is 47.5 Å². The van der Waals surface area contributed by atoms with Gasteiger partial charge in [0.1, 0.15) is 11.6 Å². The Hall–Kier alpha value is -3.22. The molecule has 0 saturated heterocycles. The molecule has 0 saturated carbocycles. The van der Waals surface area contributed by atoms with E-state index in [0.29, 0.717) is 17.4 Å². The Morgan fingerprint density at radius 1 is 1.00 bits per heavy atom. The number of halogens is 2. The van der Waals surface area contributed by atoms with Gasteiger partial charge in [0.05, 0.1) is 5.57 Å². The number of carbonyl (C=O) groups is 1. The van der Waals surface area contributed by atoms with E-state index in [1.165, 1.54) is 28.9 Å². The molecule has 0 aliphatic carbocycles. The molecule has 132 valence electrons. The van der Waals surface area contributed by atoms with Crippen LogP contribution in [-0.2, 0) is 11.8 Å². The normalized spacial score (nSPS) is 10.7. The van der Waals surface area contributed by atoms with Crippen molar-refractivity contribution >= 4 is 17.4 Å². The van der Waals surface area contributed by atoms with Gasteiger partial charge < -0.3 is 0 Å². The number of nitrogens with zero attached hydrogens (tertiary/aromatic N) is 4. The number of allylic oxidation sites excluding steroid dienone is 1. The lowest BCUT2D eigenvalue weighted by atomic mass is 9.91. The summed E-state index contributed by atoms with van der Waals surface area (Å²) in [5.41, 5.74) is 1.73. The van der Waals surface area contributed by atoms with Crippen molar-refractivity contribution in [3.8, 4) is 0 Å². The summed E-state index contributed by atoms with van der Waals surface area (Å²) < 4.78 is 30.7. The molecule has 0 N–H and O–H groups in total. The molecule has 0 fully saturated rings. The van der Waals surface area contributed by atoms with E-state index in [2.05, 4.69) is 15.5 Å². The summed E-state index contributed by atoms with van der Waals surface area (Å²) in [4.78, 5) is 11.9. The fourth-order valence-corrected chi connectivity index (χ4v) is 2.76. The maximum absolute atomic E-state index is 14.7. The Labute approximate surface area is 149 Å². The third-order valence-corrected chi connectivity index (χ3v) is 4.04. The van der Waals surface area contributed by atoms with E-state index in [1.807, 2.05) is 0 Å². The lowest BCUT2D eigenvalue weighted by Gasteiger charge is -2.14. The van der Waals surface area contributed by atoms with Gasteiger partial charge in [0.15, 0.2) is 12.1 Å². The molecule has 5 nitrogen and oxygen atoms in total. The number of benzene rings is 2. The molecule has 1 aromatic heterocycles. The molecule has 0 amide bonds. The van der Waals surface area contributed by atoms with Crippen LogP contribution in [0.15, 0.2) is 36.4 Å². The van der Waals surface area contributed by atoms with E-state index in [-0.39, 0.29) is 28.1 Å². The van der Waals surface area contributed by atoms with Crippen LogP contribution in [0.3, 0.4) is 0 Å². The second-order valence-corrected chi connectivity index (χ2v) is 6.00. The minimum atomic E-state index is -0.561. The van der Waals surface area contributed by atoms with Gasteiger partial charge >= 0.3 is 0 Å².